The van der Waals surface area contributed by atoms with Crippen molar-refractivity contribution in [2.24, 2.45) is 0 Å². The molecule has 0 saturated heterocycles. The molecule has 0 saturated carbocycles. The van der Waals surface area contributed by atoms with Gasteiger partial charge in [0.05, 0.1) is 42.5 Å². The molecule has 1 aromatic heterocycles. The van der Waals surface area contributed by atoms with E-state index in [0.717, 1.165) is 6.07 Å². The van der Waals surface area contributed by atoms with Gasteiger partial charge in [-0.3, -0.25) is 4.72 Å². The Kier molecular flexibility index (Phi) is 6.26. The van der Waals surface area contributed by atoms with E-state index < -0.39 is 15.8 Å². The number of rotatable bonds is 7. The van der Waals surface area contributed by atoms with Gasteiger partial charge in [-0.25, -0.2) is 17.5 Å². The van der Waals surface area contributed by atoms with Gasteiger partial charge in [-0.2, -0.15) is 5.10 Å². The van der Waals surface area contributed by atoms with Crippen LogP contribution in [-0.4, -0.2) is 32.4 Å². The van der Waals surface area contributed by atoms with Gasteiger partial charge in [0.25, 0.3) is 10.0 Å². The third-order valence-corrected chi connectivity index (χ3v) is 6.60. The van der Waals surface area contributed by atoms with Crippen LogP contribution in [0.1, 0.15) is 0 Å². The zero-order chi connectivity index (χ0) is 23.6. The smallest absolute Gasteiger partial charge is 0.265 e. The van der Waals surface area contributed by atoms with Crippen molar-refractivity contribution in [2.75, 3.05) is 18.9 Å². The number of para-hydroxylation sites is 2. The molecule has 0 unspecified atom stereocenters. The van der Waals surface area contributed by atoms with Gasteiger partial charge in [-0.05, 0) is 36.4 Å². The van der Waals surface area contributed by atoms with Crippen LogP contribution < -0.4 is 14.2 Å². The minimum atomic E-state index is -4.23. The number of sulfonamides is 1. The normalized spacial score (nSPS) is 11.3. The van der Waals surface area contributed by atoms with Crippen molar-refractivity contribution < 1.29 is 22.3 Å². The van der Waals surface area contributed by atoms with Crippen LogP contribution in [-0.2, 0) is 10.0 Å². The summed E-state index contributed by atoms with van der Waals surface area (Å²) in [7, 11) is -1.43. The molecule has 7 nitrogen and oxygen atoms in total. The molecule has 10 heteroatoms. The van der Waals surface area contributed by atoms with Crippen LogP contribution >= 0.6 is 11.6 Å². The van der Waals surface area contributed by atoms with E-state index in [1.165, 1.54) is 44.6 Å². The van der Waals surface area contributed by atoms with Crippen LogP contribution in [0.15, 0.2) is 77.8 Å². The summed E-state index contributed by atoms with van der Waals surface area (Å²) in [5, 5.41) is 4.81. The molecule has 0 spiro atoms. The Bertz CT molecular complexity index is 1420. The number of hydrogen-bond donors (Lipinski definition) is 1. The van der Waals surface area contributed by atoms with Crippen LogP contribution in [0.5, 0.6) is 11.5 Å². The highest BCUT2D eigenvalue weighted by Gasteiger charge is 2.26. The number of benzene rings is 3. The fraction of sp³-hybridized carbons (Fsp3) is 0.0870. The monoisotopic (exact) mass is 487 g/mol. The summed E-state index contributed by atoms with van der Waals surface area (Å²) in [5.74, 6) is -0.320. The number of hydrogen-bond acceptors (Lipinski definition) is 5. The number of ether oxygens (including phenoxy) is 2. The first-order chi connectivity index (χ1) is 15.9. The molecule has 0 fully saturated rings. The number of nitrogens with one attached hydrogen (secondary N) is 1. The molecule has 0 aliphatic heterocycles. The van der Waals surface area contributed by atoms with Crippen LogP contribution in [0, 0.1) is 5.82 Å². The molecule has 0 aliphatic carbocycles. The van der Waals surface area contributed by atoms with Crippen molar-refractivity contribution in [1.82, 2.24) is 9.78 Å². The zero-order valence-corrected chi connectivity index (χ0v) is 19.2. The second kappa shape index (κ2) is 9.13. The Labute approximate surface area is 195 Å². The van der Waals surface area contributed by atoms with Crippen molar-refractivity contribution in [2.45, 2.75) is 4.90 Å². The lowest BCUT2D eigenvalue weighted by atomic mass is 10.1. The molecule has 0 aliphatic rings. The fourth-order valence-electron chi connectivity index (χ4n) is 3.35. The lowest BCUT2D eigenvalue weighted by Crippen LogP contribution is -2.15. The lowest BCUT2D eigenvalue weighted by molar-refractivity contribution is 0.387. The molecule has 33 heavy (non-hydrogen) atoms. The maximum atomic E-state index is 14.1. The molecule has 0 bridgehead atoms. The number of nitrogens with zero attached hydrogens (tertiary/aromatic N) is 2. The predicted octanol–water partition coefficient (Wildman–Crippen LogP) is 5.15. The molecule has 0 atom stereocenters. The van der Waals surface area contributed by atoms with Crippen molar-refractivity contribution in [3.63, 3.8) is 0 Å². The maximum absolute atomic E-state index is 14.1. The Morgan fingerprint density at radius 2 is 1.67 bits per heavy atom. The highest BCUT2D eigenvalue weighted by atomic mass is 35.5. The molecular weight excluding hydrogens is 469 g/mol. The summed E-state index contributed by atoms with van der Waals surface area (Å²) in [6.45, 7) is 0. The molecule has 1 heterocycles. The Balaban J connectivity index is 1.89. The minimum Gasteiger partial charge on any atom is -0.496 e. The molecule has 170 valence electrons. The van der Waals surface area contributed by atoms with Crippen LogP contribution in [0.25, 0.3) is 16.9 Å². The van der Waals surface area contributed by atoms with Crippen LogP contribution in [0.3, 0.4) is 0 Å². The summed E-state index contributed by atoms with van der Waals surface area (Å²) >= 11 is 6.35. The average Bonchev–Trinajstić information content (AvgIpc) is 3.29. The zero-order valence-electron chi connectivity index (χ0n) is 17.6. The SMILES string of the molecule is COc1cc(OC)c(S(=O)(=O)Nc2ccccc2F)cc1-c1ccnn1-c1ccccc1Cl. The van der Waals surface area contributed by atoms with Gasteiger partial charge in [0.15, 0.2) is 0 Å². The molecule has 3 aromatic carbocycles. The minimum absolute atomic E-state index is 0.0308. The van der Waals surface area contributed by atoms with E-state index in [-0.39, 0.29) is 16.3 Å². The summed E-state index contributed by atoms with van der Waals surface area (Å²) in [5.41, 5.74) is 1.37. The van der Waals surface area contributed by atoms with Crippen molar-refractivity contribution >= 4 is 27.3 Å². The number of anilines is 1. The number of halogens is 2. The van der Waals surface area contributed by atoms with E-state index >= 15 is 0 Å². The van der Waals surface area contributed by atoms with Crippen molar-refractivity contribution in [3.05, 3.63) is 83.8 Å². The first-order valence-electron chi connectivity index (χ1n) is 9.68. The average molecular weight is 488 g/mol. The number of aromatic nitrogens is 2. The summed E-state index contributed by atoms with van der Waals surface area (Å²) in [6.07, 6.45) is 1.56. The van der Waals surface area contributed by atoms with E-state index in [4.69, 9.17) is 21.1 Å². The van der Waals surface area contributed by atoms with Crippen molar-refractivity contribution in [1.29, 1.82) is 0 Å². The molecule has 0 radical (unpaired) electrons. The molecular formula is C23H19ClFN3O4S. The van der Waals surface area contributed by atoms with E-state index in [1.807, 2.05) is 6.07 Å². The quantitative estimate of drug-likeness (QED) is 0.390. The molecule has 1 N–H and O–H groups in total. The van der Waals surface area contributed by atoms with Gasteiger partial charge in [0.2, 0.25) is 0 Å². The van der Waals surface area contributed by atoms with Crippen molar-refractivity contribution in [3.8, 4) is 28.4 Å². The Morgan fingerprint density at radius 3 is 2.36 bits per heavy atom. The summed E-state index contributed by atoms with van der Waals surface area (Å²) in [4.78, 5) is -0.198. The van der Waals surface area contributed by atoms with E-state index in [0.29, 0.717) is 27.7 Å². The molecule has 4 aromatic rings. The van der Waals surface area contributed by atoms with E-state index in [2.05, 4.69) is 9.82 Å². The fourth-order valence-corrected chi connectivity index (χ4v) is 4.81. The van der Waals surface area contributed by atoms with Gasteiger partial charge in [-0.1, -0.05) is 35.9 Å². The highest BCUT2D eigenvalue weighted by molar-refractivity contribution is 7.92. The van der Waals surface area contributed by atoms with Gasteiger partial charge in [0, 0.05) is 11.6 Å². The lowest BCUT2D eigenvalue weighted by Gasteiger charge is -2.17. The van der Waals surface area contributed by atoms with Gasteiger partial charge < -0.3 is 9.47 Å². The largest absolute Gasteiger partial charge is 0.496 e. The van der Waals surface area contributed by atoms with Gasteiger partial charge in [-0.15, -0.1) is 0 Å². The third kappa shape index (κ3) is 4.37. The van der Waals surface area contributed by atoms with Crippen LogP contribution in [0.4, 0.5) is 10.1 Å². The Hall–Kier alpha value is -3.56. The Morgan fingerprint density at radius 1 is 0.970 bits per heavy atom. The second-order valence-corrected chi connectivity index (χ2v) is 8.93. The summed E-state index contributed by atoms with van der Waals surface area (Å²) in [6, 6.07) is 17.2. The first-order valence-corrected chi connectivity index (χ1v) is 11.5. The highest BCUT2D eigenvalue weighted by Crippen LogP contribution is 2.40. The van der Waals surface area contributed by atoms with Gasteiger partial charge >= 0.3 is 0 Å². The second-order valence-electron chi connectivity index (χ2n) is 6.87. The third-order valence-electron chi connectivity index (χ3n) is 4.89. The van der Waals surface area contributed by atoms with E-state index in [9.17, 15) is 12.8 Å². The summed E-state index contributed by atoms with van der Waals surface area (Å²) < 4.78 is 55.2. The predicted molar refractivity (Wildman–Crippen MR) is 124 cm³/mol. The molecule has 4 rings (SSSR count). The maximum Gasteiger partial charge on any atom is 0.265 e. The number of methoxy groups -OCH3 is 2. The molecule has 0 amide bonds. The van der Waals surface area contributed by atoms with Gasteiger partial charge in [0.1, 0.15) is 22.2 Å². The standard InChI is InChI=1S/C23H19ClFN3O4S/c1-31-21-14-22(32-2)23(33(29,30)27-18-9-5-4-8-17(18)25)13-15(21)19-11-12-26-28(19)20-10-6-3-7-16(20)24/h3-14,27H,1-2H3. The topological polar surface area (TPSA) is 82.4 Å². The van der Waals surface area contributed by atoms with Crippen LogP contribution in [0.2, 0.25) is 5.02 Å². The van der Waals surface area contributed by atoms with E-state index in [1.54, 1.807) is 35.1 Å². The first kappa shape index (κ1) is 22.6.